The van der Waals surface area contributed by atoms with Crippen LogP contribution < -0.4 is 4.74 Å². The number of hydrogen-bond acceptors (Lipinski definition) is 3. The number of benzene rings is 1. The van der Waals surface area contributed by atoms with Crippen LogP contribution in [0.5, 0.6) is 5.75 Å². The fourth-order valence-corrected chi connectivity index (χ4v) is 4.82. The third-order valence-corrected chi connectivity index (χ3v) is 6.69. The molecule has 1 aliphatic heterocycles. The first kappa shape index (κ1) is 23.5. The van der Waals surface area contributed by atoms with E-state index in [-0.39, 0.29) is 23.9 Å². The van der Waals surface area contributed by atoms with Crippen LogP contribution in [0.1, 0.15) is 89.5 Å². The Kier molecular flexibility index (Phi) is 9.38. The van der Waals surface area contributed by atoms with Crippen molar-refractivity contribution >= 4 is 0 Å². The van der Waals surface area contributed by atoms with Gasteiger partial charge in [0.25, 0.3) is 0 Å². The molecule has 2 aliphatic rings. The largest absolute Gasteiger partial charge is 0.491 e. The molecule has 0 bridgehead atoms. The highest BCUT2D eigenvalue weighted by Crippen LogP contribution is 2.37. The molecule has 0 aromatic heterocycles. The lowest BCUT2D eigenvalue weighted by molar-refractivity contribution is -0.0858. The van der Waals surface area contributed by atoms with E-state index in [1.165, 1.54) is 32.1 Å². The topological polar surface area (TPSA) is 27.7 Å². The van der Waals surface area contributed by atoms with E-state index in [0.29, 0.717) is 24.7 Å². The molecule has 0 N–H and O–H groups in total. The summed E-state index contributed by atoms with van der Waals surface area (Å²) < 4.78 is 46.0. The minimum Gasteiger partial charge on any atom is -0.491 e. The van der Waals surface area contributed by atoms with Gasteiger partial charge in [-0.2, -0.15) is 4.39 Å². The van der Waals surface area contributed by atoms with E-state index in [0.717, 1.165) is 38.7 Å². The maximum absolute atomic E-state index is 14.5. The van der Waals surface area contributed by atoms with Crippen LogP contribution in [0.2, 0.25) is 0 Å². The lowest BCUT2D eigenvalue weighted by Crippen LogP contribution is -2.32. The Bertz CT molecular complexity index is 636. The molecule has 2 atom stereocenters. The molecule has 1 aromatic rings. The van der Waals surface area contributed by atoms with Crippen molar-refractivity contribution in [3.8, 4) is 5.75 Å². The molecule has 1 aromatic carbocycles. The lowest BCUT2D eigenvalue weighted by atomic mass is 9.82. The highest BCUT2D eigenvalue weighted by Gasteiger charge is 2.28. The summed E-state index contributed by atoms with van der Waals surface area (Å²) >= 11 is 0. The third kappa shape index (κ3) is 6.40. The van der Waals surface area contributed by atoms with Gasteiger partial charge in [-0.05, 0) is 75.3 Å². The van der Waals surface area contributed by atoms with Crippen LogP contribution in [0.4, 0.5) is 8.78 Å². The van der Waals surface area contributed by atoms with Crippen LogP contribution >= 0.6 is 0 Å². The predicted molar refractivity (Wildman–Crippen MR) is 115 cm³/mol. The van der Waals surface area contributed by atoms with Gasteiger partial charge >= 0.3 is 0 Å². The second kappa shape index (κ2) is 12.0. The Hall–Kier alpha value is -1.20. The molecule has 1 aliphatic carbocycles. The summed E-state index contributed by atoms with van der Waals surface area (Å²) in [6.45, 7) is 5.85. The summed E-state index contributed by atoms with van der Waals surface area (Å²) in [5, 5.41) is 0. The van der Waals surface area contributed by atoms with Gasteiger partial charge in [-0.15, -0.1) is 0 Å². The molecule has 30 heavy (non-hydrogen) atoms. The second-order valence-electron chi connectivity index (χ2n) is 8.92. The monoisotopic (exact) mass is 424 g/mol. The van der Waals surface area contributed by atoms with Crippen molar-refractivity contribution in [1.29, 1.82) is 0 Å². The minimum atomic E-state index is -0.866. The summed E-state index contributed by atoms with van der Waals surface area (Å²) in [7, 11) is 0. The molecular formula is C25H38F2O3. The van der Waals surface area contributed by atoms with E-state index < -0.39 is 11.6 Å². The Balaban J connectivity index is 1.38. The Labute approximate surface area is 180 Å². The smallest absolute Gasteiger partial charge is 0.200 e. The highest BCUT2D eigenvalue weighted by atomic mass is 19.2. The van der Waals surface area contributed by atoms with Gasteiger partial charge in [-0.3, -0.25) is 0 Å². The highest BCUT2D eigenvalue weighted by molar-refractivity contribution is 5.33. The van der Waals surface area contributed by atoms with Gasteiger partial charge in [0.05, 0.1) is 25.4 Å². The van der Waals surface area contributed by atoms with Gasteiger partial charge in [-0.1, -0.05) is 32.3 Å². The van der Waals surface area contributed by atoms with Crippen molar-refractivity contribution in [2.75, 3.05) is 19.8 Å². The molecule has 0 amide bonds. The van der Waals surface area contributed by atoms with Gasteiger partial charge in [0.15, 0.2) is 11.6 Å². The second-order valence-corrected chi connectivity index (χ2v) is 8.92. The van der Waals surface area contributed by atoms with Crippen LogP contribution in [0.25, 0.3) is 0 Å². The average Bonchev–Trinajstić information content (AvgIpc) is 2.77. The minimum absolute atomic E-state index is 0.00384. The zero-order valence-electron chi connectivity index (χ0n) is 18.6. The average molecular weight is 425 g/mol. The molecule has 2 fully saturated rings. The van der Waals surface area contributed by atoms with Crippen LogP contribution in [-0.4, -0.2) is 32.0 Å². The zero-order chi connectivity index (χ0) is 21.3. The van der Waals surface area contributed by atoms with Crippen LogP contribution in [0.15, 0.2) is 12.1 Å². The molecule has 5 heteroatoms. The third-order valence-electron chi connectivity index (χ3n) is 6.69. The Morgan fingerprint density at radius 1 is 0.967 bits per heavy atom. The quantitative estimate of drug-likeness (QED) is 0.387. The first-order valence-electron chi connectivity index (χ1n) is 12.0. The fraction of sp³-hybridized carbons (Fsp3) is 0.760. The van der Waals surface area contributed by atoms with E-state index >= 15 is 0 Å². The van der Waals surface area contributed by atoms with Gasteiger partial charge < -0.3 is 14.2 Å². The van der Waals surface area contributed by atoms with Crippen LogP contribution in [-0.2, 0) is 9.47 Å². The first-order chi connectivity index (χ1) is 14.6. The predicted octanol–water partition coefficient (Wildman–Crippen LogP) is 6.78. The summed E-state index contributed by atoms with van der Waals surface area (Å²) in [5.41, 5.74) is 0.471. The number of halogens is 2. The van der Waals surface area contributed by atoms with Gasteiger partial charge in [-0.25, -0.2) is 4.39 Å². The van der Waals surface area contributed by atoms with E-state index in [1.807, 2.05) is 0 Å². The van der Waals surface area contributed by atoms with Gasteiger partial charge in [0.1, 0.15) is 0 Å². The maximum atomic E-state index is 14.5. The fourth-order valence-electron chi connectivity index (χ4n) is 4.82. The molecule has 0 radical (unpaired) electrons. The number of rotatable bonds is 10. The molecule has 1 saturated heterocycles. The zero-order valence-corrected chi connectivity index (χ0v) is 18.6. The summed E-state index contributed by atoms with van der Waals surface area (Å²) in [5.74, 6) is -0.863. The standard InChI is InChI=1S/C25H38F2O3/c1-3-5-6-7-18-8-11-21(29-16-18)17-30-20-12-9-19(10-13-20)22-14-15-23(28-4-2)25(27)24(22)26/h14-15,18-21H,3-13,16-17H2,1-2H3. The summed E-state index contributed by atoms with van der Waals surface area (Å²) in [6.07, 6.45) is 11.3. The Morgan fingerprint density at radius 3 is 2.43 bits per heavy atom. The SMILES string of the molecule is CCCCCC1CCC(COC2CCC(c3ccc(OCC)c(F)c3F)CC2)OC1. The van der Waals surface area contributed by atoms with Crippen molar-refractivity contribution in [3.63, 3.8) is 0 Å². The molecule has 170 valence electrons. The molecule has 3 nitrogen and oxygen atoms in total. The number of unbranched alkanes of at least 4 members (excludes halogenated alkanes) is 2. The maximum Gasteiger partial charge on any atom is 0.200 e. The number of hydrogen-bond donors (Lipinski definition) is 0. The molecule has 3 rings (SSSR count). The van der Waals surface area contributed by atoms with E-state index in [9.17, 15) is 8.78 Å². The summed E-state index contributed by atoms with van der Waals surface area (Å²) in [4.78, 5) is 0. The molecule has 2 unspecified atom stereocenters. The van der Waals surface area contributed by atoms with Gasteiger partial charge in [0, 0.05) is 6.61 Å². The van der Waals surface area contributed by atoms with Crippen LogP contribution in [0.3, 0.4) is 0 Å². The molecule has 1 saturated carbocycles. The van der Waals surface area contributed by atoms with E-state index in [2.05, 4.69) is 6.92 Å². The molecular weight excluding hydrogens is 386 g/mol. The Morgan fingerprint density at radius 2 is 1.77 bits per heavy atom. The van der Waals surface area contributed by atoms with Crippen molar-refractivity contribution < 1.29 is 23.0 Å². The van der Waals surface area contributed by atoms with Crippen molar-refractivity contribution in [2.45, 2.75) is 96.2 Å². The normalized spacial score (nSPS) is 27.2. The van der Waals surface area contributed by atoms with Crippen molar-refractivity contribution in [2.24, 2.45) is 5.92 Å². The lowest BCUT2D eigenvalue weighted by Gasteiger charge is -2.32. The first-order valence-corrected chi connectivity index (χ1v) is 12.0. The molecule has 1 heterocycles. The van der Waals surface area contributed by atoms with E-state index in [4.69, 9.17) is 14.2 Å². The molecule has 0 spiro atoms. The van der Waals surface area contributed by atoms with E-state index in [1.54, 1.807) is 19.1 Å². The van der Waals surface area contributed by atoms with Crippen molar-refractivity contribution in [3.05, 3.63) is 29.3 Å². The summed E-state index contributed by atoms with van der Waals surface area (Å²) in [6, 6.07) is 3.23. The van der Waals surface area contributed by atoms with Crippen LogP contribution in [0, 0.1) is 17.6 Å². The van der Waals surface area contributed by atoms with Crippen molar-refractivity contribution in [1.82, 2.24) is 0 Å². The number of ether oxygens (including phenoxy) is 3. The van der Waals surface area contributed by atoms with Gasteiger partial charge in [0.2, 0.25) is 5.82 Å².